The van der Waals surface area contributed by atoms with Crippen LogP contribution in [0.3, 0.4) is 0 Å². The third-order valence-electron chi connectivity index (χ3n) is 4.23. The molecule has 0 spiro atoms. The lowest BCUT2D eigenvalue weighted by molar-refractivity contribution is 0.628. The SMILES string of the molecule is Cc1ccc(Nc2ncnc3sc(C)c(-c4ccc(F)cc4)c23)cc1Cl. The Morgan fingerprint density at radius 1 is 1.04 bits per heavy atom. The zero-order valence-electron chi connectivity index (χ0n) is 14.2. The molecule has 2 heterocycles. The molecule has 0 aliphatic carbocycles. The predicted molar refractivity (Wildman–Crippen MR) is 107 cm³/mol. The van der Waals surface area contributed by atoms with E-state index in [4.69, 9.17) is 11.6 Å². The monoisotopic (exact) mass is 383 g/mol. The number of benzene rings is 2. The third-order valence-corrected chi connectivity index (χ3v) is 5.65. The van der Waals surface area contributed by atoms with Crippen molar-refractivity contribution in [3.05, 3.63) is 70.1 Å². The Morgan fingerprint density at radius 2 is 1.81 bits per heavy atom. The van der Waals surface area contributed by atoms with Crippen LogP contribution in [0.25, 0.3) is 21.3 Å². The second-order valence-corrected chi connectivity index (χ2v) is 7.64. The van der Waals surface area contributed by atoms with Crippen LogP contribution in [-0.2, 0) is 0 Å². The number of hydrogen-bond donors (Lipinski definition) is 1. The van der Waals surface area contributed by atoms with Crippen molar-refractivity contribution in [2.45, 2.75) is 13.8 Å². The molecule has 1 N–H and O–H groups in total. The van der Waals surface area contributed by atoms with E-state index in [9.17, 15) is 4.39 Å². The van der Waals surface area contributed by atoms with Crippen molar-refractivity contribution in [1.82, 2.24) is 9.97 Å². The summed E-state index contributed by atoms with van der Waals surface area (Å²) >= 11 is 7.84. The number of fused-ring (bicyclic) bond motifs is 1. The number of anilines is 2. The lowest BCUT2D eigenvalue weighted by atomic mass is 10.0. The number of aryl methyl sites for hydroxylation is 2. The van der Waals surface area contributed by atoms with Crippen LogP contribution < -0.4 is 5.32 Å². The van der Waals surface area contributed by atoms with Crippen molar-refractivity contribution in [1.29, 1.82) is 0 Å². The van der Waals surface area contributed by atoms with Crippen molar-refractivity contribution in [3.63, 3.8) is 0 Å². The summed E-state index contributed by atoms with van der Waals surface area (Å²) in [5.74, 6) is 0.452. The Bertz CT molecular complexity index is 1110. The maximum absolute atomic E-state index is 13.3. The third kappa shape index (κ3) is 3.04. The minimum absolute atomic E-state index is 0.255. The Morgan fingerprint density at radius 3 is 2.54 bits per heavy atom. The van der Waals surface area contributed by atoms with Crippen LogP contribution in [0.1, 0.15) is 10.4 Å². The number of nitrogens with zero attached hydrogens (tertiary/aromatic N) is 2. The Labute approximate surface area is 159 Å². The molecule has 0 fully saturated rings. The summed E-state index contributed by atoms with van der Waals surface area (Å²) in [6.07, 6.45) is 1.55. The Balaban J connectivity index is 1.87. The van der Waals surface area contributed by atoms with Crippen molar-refractivity contribution in [2.24, 2.45) is 0 Å². The summed E-state index contributed by atoms with van der Waals surface area (Å²) in [5.41, 5.74) is 3.83. The van der Waals surface area contributed by atoms with Crippen LogP contribution in [0.5, 0.6) is 0 Å². The van der Waals surface area contributed by atoms with Crippen LogP contribution in [0.15, 0.2) is 48.8 Å². The highest BCUT2D eigenvalue weighted by Gasteiger charge is 2.17. The van der Waals surface area contributed by atoms with Gasteiger partial charge in [-0.2, -0.15) is 0 Å². The van der Waals surface area contributed by atoms with Gasteiger partial charge in [0, 0.05) is 21.2 Å². The highest BCUT2D eigenvalue weighted by atomic mass is 35.5. The number of rotatable bonds is 3. The minimum Gasteiger partial charge on any atom is -0.340 e. The molecule has 2 aromatic heterocycles. The smallest absolute Gasteiger partial charge is 0.143 e. The van der Waals surface area contributed by atoms with E-state index in [1.807, 2.05) is 32.0 Å². The molecule has 0 saturated carbocycles. The fourth-order valence-electron chi connectivity index (χ4n) is 2.91. The van der Waals surface area contributed by atoms with E-state index in [0.717, 1.165) is 37.5 Å². The van der Waals surface area contributed by atoms with E-state index in [1.165, 1.54) is 12.1 Å². The first-order valence-electron chi connectivity index (χ1n) is 8.06. The molecule has 0 aliphatic heterocycles. The number of hydrogen-bond acceptors (Lipinski definition) is 4. The number of thiophene rings is 1. The lowest BCUT2D eigenvalue weighted by Gasteiger charge is -2.10. The van der Waals surface area contributed by atoms with Crippen molar-refractivity contribution < 1.29 is 4.39 Å². The molecule has 2 aromatic carbocycles. The van der Waals surface area contributed by atoms with E-state index >= 15 is 0 Å². The summed E-state index contributed by atoms with van der Waals surface area (Å²) < 4.78 is 13.3. The number of halogens is 2. The average molecular weight is 384 g/mol. The molecular formula is C20H15ClFN3S. The second-order valence-electron chi connectivity index (χ2n) is 6.03. The fourth-order valence-corrected chi connectivity index (χ4v) is 4.10. The first-order chi connectivity index (χ1) is 12.5. The van der Waals surface area contributed by atoms with Crippen LogP contribution >= 0.6 is 22.9 Å². The molecular weight excluding hydrogens is 369 g/mol. The van der Waals surface area contributed by atoms with Gasteiger partial charge in [-0.25, -0.2) is 14.4 Å². The van der Waals surface area contributed by atoms with Gasteiger partial charge in [-0.15, -0.1) is 11.3 Å². The first-order valence-corrected chi connectivity index (χ1v) is 9.25. The molecule has 3 nitrogen and oxygen atoms in total. The van der Waals surface area contributed by atoms with Gasteiger partial charge in [-0.3, -0.25) is 0 Å². The molecule has 0 saturated heterocycles. The van der Waals surface area contributed by atoms with Gasteiger partial charge in [-0.1, -0.05) is 29.8 Å². The molecule has 4 rings (SSSR count). The molecule has 130 valence electrons. The fraction of sp³-hybridized carbons (Fsp3) is 0.100. The molecule has 0 aliphatic rings. The lowest BCUT2D eigenvalue weighted by Crippen LogP contribution is -1.96. The topological polar surface area (TPSA) is 37.8 Å². The molecule has 0 unspecified atom stereocenters. The van der Waals surface area contributed by atoms with Crippen LogP contribution in [0, 0.1) is 19.7 Å². The zero-order valence-corrected chi connectivity index (χ0v) is 15.7. The predicted octanol–water partition coefficient (Wildman–Crippen LogP) is 6.51. The van der Waals surface area contributed by atoms with Gasteiger partial charge in [0.25, 0.3) is 0 Å². The van der Waals surface area contributed by atoms with E-state index < -0.39 is 0 Å². The Hall–Kier alpha value is -2.50. The maximum Gasteiger partial charge on any atom is 0.143 e. The van der Waals surface area contributed by atoms with Gasteiger partial charge in [-0.05, 0) is 49.2 Å². The van der Waals surface area contributed by atoms with Crippen molar-refractivity contribution >= 4 is 44.7 Å². The number of nitrogens with one attached hydrogen (secondary N) is 1. The summed E-state index contributed by atoms with van der Waals surface area (Å²) in [6.45, 7) is 4.00. The molecule has 4 aromatic rings. The summed E-state index contributed by atoms with van der Waals surface area (Å²) in [5, 5.41) is 4.97. The van der Waals surface area contributed by atoms with E-state index in [1.54, 1.807) is 29.8 Å². The van der Waals surface area contributed by atoms with E-state index in [2.05, 4.69) is 15.3 Å². The van der Waals surface area contributed by atoms with Crippen molar-refractivity contribution in [3.8, 4) is 11.1 Å². The van der Waals surface area contributed by atoms with Crippen molar-refractivity contribution in [2.75, 3.05) is 5.32 Å². The van der Waals surface area contributed by atoms with E-state index in [-0.39, 0.29) is 5.82 Å². The first kappa shape index (κ1) is 16.9. The highest BCUT2D eigenvalue weighted by molar-refractivity contribution is 7.19. The molecule has 0 atom stereocenters. The highest BCUT2D eigenvalue weighted by Crippen LogP contribution is 2.41. The molecule has 0 radical (unpaired) electrons. The molecule has 6 heteroatoms. The van der Waals surface area contributed by atoms with Gasteiger partial charge in [0.05, 0.1) is 5.39 Å². The van der Waals surface area contributed by atoms with Gasteiger partial charge in [0.2, 0.25) is 0 Å². The van der Waals surface area contributed by atoms with Gasteiger partial charge in [0.1, 0.15) is 22.8 Å². The largest absolute Gasteiger partial charge is 0.340 e. The van der Waals surface area contributed by atoms with Gasteiger partial charge < -0.3 is 5.32 Å². The van der Waals surface area contributed by atoms with Crippen LogP contribution in [0.2, 0.25) is 5.02 Å². The van der Waals surface area contributed by atoms with E-state index in [0.29, 0.717) is 10.8 Å². The minimum atomic E-state index is -0.255. The van der Waals surface area contributed by atoms with Gasteiger partial charge in [0.15, 0.2) is 0 Å². The zero-order chi connectivity index (χ0) is 18.3. The molecule has 0 amide bonds. The summed E-state index contributed by atoms with van der Waals surface area (Å²) in [7, 11) is 0. The second kappa shape index (κ2) is 6.67. The van der Waals surface area contributed by atoms with Crippen LogP contribution in [-0.4, -0.2) is 9.97 Å². The standard InChI is InChI=1S/C20H15ClFN3S/c1-11-3-8-15(9-16(11)21)25-19-18-17(13-4-6-14(22)7-5-13)12(2)26-20(18)24-10-23-19/h3-10H,1-2H3,(H,23,24,25). The van der Waals surface area contributed by atoms with Crippen LogP contribution in [0.4, 0.5) is 15.9 Å². The molecule has 0 bridgehead atoms. The normalized spacial score (nSPS) is 11.1. The maximum atomic E-state index is 13.3. The van der Waals surface area contributed by atoms with Gasteiger partial charge >= 0.3 is 0 Å². The molecule has 26 heavy (non-hydrogen) atoms. The summed E-state index contributed by atoms with van der Waals surface area (Å²) in [4.78, 5) is 10.8. The Kier molecular flexibility index (Phi) is 4.34. The summed E-state index contributed by atoms with van der Waals surface area (Å²) in [6, 6.07) is 12.3. The average Bonchev–Trinajstić information content (AvgIpc) is 2.96. The quantitative estimate of drug-likeness (QED) is 0.438. The number of aromatic nitrogens is 2.